The number of carbonyl (C=O) groups excluding carboxylic acids is 1. The monoisotopic (exact) mass is 233 g/mol. The summed E-state index contributed by atoms with van der Waals surface area (Å²) >= 11 is 0. The second-order valence-corrected chi connectivity index (χ2v) is 4.65. The molecule has 1 aliphatic carbocycles. The van der Waals surface area contributed by atoms with Crippen molar-refractivity contribution in [1.82, 2.24) is 15.5 Å². The predicted molar refractivity (Wildman–Crippen MR) is 65.9 cm³/mol. The molecule has 0 atom stereocenters. The van der Waals surface area contributed by atoms with E-state index in [-0.39, 0.29) is 5.91 Å². The average molecular weight is 233 g/mol. The van der Waals surface area contributed by atoms with E-state index < -0.39 is 0 Å². The molecule has 0 aliphatic heterocycles. The van der Waals surface area contributed by atoms with Gasteiger partial charge < -0.3 is 5.32 Å². The van der Waals surface area contributed by atoms with E-state index in [2.05, 4.69) is 15.5 Å². The maximum Gasteiger partial charge on any atom is 0.253 e. The van der Waals surface area contributed by atoms with E-state index in [1.165, 1.54) is 12.8 Å². The smallest absolute Gasteiger partial charge is 0.253 e. The van der Waals surface area contributed by atoms with Gasteiger partial charge in [0.1, 0.15) is 0 Å². The van der Waals surface area contributed by atoms with Gasteiger partial charge in [-0.2, -0.15) is 10.2 Å². The number of aryl methyl sites for hydroxylation is 2. The molecule has 0 spiro atoms. The topological polar surface area (TPSA) is 54.9 Å². The molecule has 1 aromatic rings. The minimum Gasteiger partial charge on any atom is -0.349 e. The van der Waals surface area contributed by atoms with Crippen LogP contribution in [-0.4, -0.2) is 22.1 Å². The van der Waals surface area contributed by atoms with Gasteiger partial charge in [-0.05, 0) is 32.3 Å². The Morgan fingerprint density at radius 3 is 2.76 bits per heavy atom. The molecule has 1 amide bonds. The predicted octanol–water partition coefficient (Wildman–Crippen LogP) is 2.02. The van der Waals surface area contributed by atoms with Gasteiger partial charge in [-0.25, -0.2) is 0 Å². The van der Waals surface area contributed by atoms with Crippen molar-refractivity contribution in [3.05, 3.63) is 23.0 Å². The van der Waals surface area contributed by atoms with Crippen molar-refractivity contribution in [3.8, 4) is 0 Å². The summed E-state index contributed by atoms with van der Waals surface area (Å²) in [6.07, 6.45) is 5.38. The van der Waals surface area contributed by atoms with Crippen molar-refractivity contribution < 1.29 is 4.79 Å². The highest BCUT2D eigenvalue weighted by molar-refractivity contribution is 5.95. The van der Waals surface area contributed by atoms with Crippen LogP contribution in [0.2, 0.25) is 0 Å². The number of nitrogens with zero attached hydrogens (tertiary/aromatic N) is 2. The van der Waals surface area contributed by atoms with Crippen LogP contribution in [0.25, 0.3) is 0 Å². The van der Waals surface area contributed by atoms with Crippen LogP contribution >= 0.6 is 0 Å². The third-order valence-electron chi connectivity index (χ3n) is 3.26. The molecule has 0 aromatic carbocycles. The summed E-state index contributed by atoms with van der Waals surface area (Å²) < 4.78 is 0. The average Bonchev–Trinajstić information content (AvgIpc) is 2.81. The zero-order chi connectivity index (χ0) is 12.3. The van der Waals surface area contributed by atoms with Crippen LogP contribution in [0.5, 0.6) is 0 Å². The Balaban J connectivity index is 2.14. The Hall–Kier alpha value is -1.45. The van der Waals surface area contributed by atoms with E-state index in [1.807, 2.05) is 19.9 Å². The summed E-state index contributed by atoms with van der Waals surface area (Å²) in [7, 11) is 0. The minimum absolute atomic E-state index is 0.00625. The van der Waals surface area contributed by atoms with E-state index in [1.54, 1.807) is 0 Å². The number of hydrogen-bond donors (Lipinski definition) is 1. The van der Waals surface area contributed by atoms with Crippen LogP contribution in [-0.2, 0) is 6.42 Å². The van der Waals surface area contributed by atoms with E-state index in [4.69, 9.17) is 0 Å². The first-order valence-electron chi connectivity index (χ1n) is 6.34. The largest absolute Gasteiger partial charge is 0.349 e. The fourth-order valence-corrected chi connectivity index (χ4v) is 2.31. The van der Waals surface area contributed by atoms with Gasteiger partial charge in [0.2, 0.25) is 0 Å². The zero-order valence-corrected chi connectivity index (χ0v) is 10.5. The van der Waals surface area contributed by atoms with Gasteiger partial charge in [-0.1, -0.05) is 19.8 Å². The molecule has 4 heteroatoms. The first kappa shape index (κ1) is 12.0. The molecule has 0 radical (unpaired) electrons. The summed E-state index contributed by atoms with van der Waals surface area (Å²) in [5.74, 6) is 0.00625. The lowest BCUT2D eigenvalue weighted by atomic mass is 10.1. The van der Waals surface area contributed by atoms with Gasteiger partial charge in [-0.3, -0.25) is 4.79 Å². The highest BCUT2D eigenvalue weighted by atomic mass is 16.1. The molecule has 0 saturated heterocycles. The molecule has 92 valence electrons. The molecule has 1 N–H and O–H groups in total. The molecule has 17 heavy (non-hydrogen) atoms. The van der Waals surface area contributed by atoms with Gasteiger partial charge in [0, 0.05) is 6.04 Å². The van der Waals surface area contributed by atoms with Crippen molar-refractivity contribution in [2.24, 2.45) is 0 Å². The van der Waals surface area contributed by atoms with Crippen LogP contribution in [0.15, 0.2) is 6.07 Å². The van der Waals surface area contributed by atoms with Gasteiger partial charge in [0.25, 0.3) is 5.91 Å². The molecule has 1 fully saturated rings. The number of hydrogen-bond acceptors (Lipinski definition) is 3. The van der Waals surface area contributed by atoms with Crippen LogP contribution < -0.4 is 5.32 Å². The molecule has 4 nitrogen and oxygen atoms in total. The normalized spacial score (nSPS) is 16.1. The Kier molecular flexibility index (Phi) is 3.71. The van der Waals surface area contributed by atoms with Crippen molar-refractivity contribution in [2.75, 3.05) is 0 Å². The lowest BCUT2D eigenvalue weighted by Gasteiger charge is -2.13. The molecule has 1 aliphatic rings. The third kappa shape index (κ3) is 2.81. The Labute approximate surface area is 102 Å². The molecular formula is C13H19N3O. The molecule has 1 heterocycles. The third-order valence-corrected chi connectivity index (χ3v) is 3.26. The van der Waals surface area contributed by atoms with E-state index >= 15 is 0 Å². The molecule has 1 aromatic heterocycles. The first-order chi connectivity index (χ1) is 8.20. The summed E-state index contributed by atoms with van der Waals surface area (Å²) in [5.41, 5.74) is 2.26. The lowest BCUT2D eigenvalue weighted by molar-refractivity contribution is 0.0936. The van der Waals surface area contributed by atoms with Crippen LogP contribution in [0.4, 0.5) is 0 Å². The van der Waals surface area contributed by atoms with E-state index in [9.17, 15) is 4.79 Å². The maximum atomic E-state index is 12.2. The zero-order valence-electron chi connectivity index (χ0n) is 10.5. The van der Waals surface area contributed by atoms with E-state index in [0.29, 0.717) is 11.6 Å². The quantitative estimate of drug-likeness (QED) is 0.869. The van der Waals surface area contributed by atoms with Gasteiger partial charge in [0.15, 0.2) is 0 Å². The highest BCUT2D eigenvalue weighted by Crippen LogP contribution is 2.18. The summed E-state index contributed by atoms with van der Waals surface area (Å²) in [6, 6.07) is 2.18. The molecule has 0 unspecified atom stereocenters. The maximum absolute atomic E-state index is 12.2. The van der Waals surface area contributed by atoms with Crippen molar-refractivity contribution in [3.63, 3.8) is 0 Å². The minimum atomic E-state index is 0.00625. The molecular weight excluding hydrogens is 214 g/mol. The summed E-state index contributed by atoms with van der Waals surface area (Å²) in [5, 5.41) is 11.2. The first-order valence-corrected chi connectivity index (χ1v) is 6.34. The van der Waals surface area contributed by atoms with Gasteiger partial charge in [0.05, 0.1) is 17.0 Å². The fourth-order valence-electron chi connectivity index (χ4n) is 2.31. The van der Waals surface area contributed by atoms with Crippen LogP contribution in [0.3, 0.4) is 0 Å². The number of rotatable bonds is 3. The number of amides is 1. The SMILES string of the molecule is CCc1nnc(C)cc1C(=O)NC1CCCC1. The lowest BCUT2D eigenvalue weighted by Crippen LogP contribution is -2.33. The number of carbonyl (C=O) groups is 1. The van der Waals surface area contributed by atoms with Crippen molar-refractivity contribution in [2.45, 2.75) is 52.0 Å². The second-order valence-electron chi connectivity index (χ2n) is 4.65. The molecule has 0 bridgehead atoms. The van der Waals surface area contributed by atoms with Crippen LogP contribution in [0.1, 0.15) is 54.4 Å². The van der Waals surface area contributed by atoms with Crippen molar-refractivity contribution >= 4 is 5.91 Å². The van der Waals surface area contributed by atoms with Crippen LogP contribution in [0, 0.1) is 6.92 Å². The van der Waals surface area contributed by atoms with Gasteiger partial charge >= 0.3 is 0 Å². The fraction of sp³-hybridized carbons (Fsp3) is 0.615. The second kappa shape index (κ2) is 5.25. The highest BCUT2D eigenvalue weighted by Gasteiger charge is 2.20. The van der Waals surface area contributed by atoms with E-state index in [0.717, 1.165) is 30.7 Å². The summed E-state index contributed by atoms with van der Waals surface area (Å²) in [4.78, 5) is 12.2. The Bertz CT molecular complexity index is 411. The van der Waals surface area contributed by atoms with Gasteiger partial charge in [-0.15, -0.1) is 0 Å². The standard InChI is InChI=1S/C13H19N3O/c1-3-12-11(8-9(2)15-16-12)13(17)14-10-6-4-5-7-10/h8,10H,3-7H2,1-2H3,(H,14,17). The number of aromatic nitrogens is 2. The summed E-state index contributed by atoms with van der Waals surface area (Å²) in [6.45, 7) is 3.85. The molecule has 1 saturated carbocycles. The Morgan fingerprint density at radius 2 is 2.12 bits per heavy atom. The Morgan fingerprint density at radius 1 is 1.41 bits per heavy atom. The van der Waals surface area contributed by atoms with Crippen molar-refractivity contribution in [1.29, 1.82) is 0 Å². The molecule has 2 rings (SSSR count). The number of nitrogens with one attached hydrogen (secondary N) is 1.